The van der Waals surface area contributed by atoms with Crippen LogP contribution in [0.1, 0.15) is 29.9 Å². The van der Waals surface area contributed by atoms with Crippen molar-refractivity contribution in [3.05, 3.63) is 38.7 Å². The van der Waals surface area contributed by atoms with Crippen molar-refractivity contribution in [2.45, 2.75) is 26.8 Å². The molecule has 0 spiro atoms. The molecule has 0 radical (unpaired) electrons. The number of amides is 1. The number of nitrogens with one attached hydrogen (secondary N) is 1. The number of carbonyl (C=O) groups excluding carboxylic acids is 3. The molecule has 10 nitrogen and oxygen atoms in total. The minimum absolute atomic E-state index is 0.00898. The quantitative estimate of drug-likeness (QED) is 0.515. The Labute approximate surface area is 178 Å². The van der Waals surface area contributed by atoms with Gasteiger partial charge < -0.3 is 14.8 Å². The SMILES string of the molecule is CCOC(=O)Cc1csc(NC(=O)Cn2cnc3scc(C(=O)OCC)c3c2=O)n1. The van der Waals surface area contributed by atoms with Crippen LogP contribution in [0.5, 0.6) is 0 Å². The molecule has 0 saturated heterocycles. The Kier molecular flexibility index (Phi) is 6.90. The molecule has 30 heavy (non-hydrogen) atoms. The summed E-state index contributed by atoms with van der Waals surface area (Å²) < 4.78 is 10.9. The Hall–Kier alpha value is -3.12. The average molecular weight is 450 g/mol. The van der Waals surface area contributed by atoms with Crippen LogP contribution in [0.3, 0.4) is 0 Å². The van der Waals surface area contributed by atoms with Gasteiger partial charge in [-0.1, -0.05) is 0 Å². The number of carbonyl (C=O) groups is 3. The first-order valence-corrected chi connectivity index (χ1v) is 10.7. The van der Waals surface area contributed by atoms with E-state index in [0.29, 0.717) is 15.7 Å². The average Bonchev–Trinajstić information content (AvgIpc) is 3.31. The largest absolute Gasteiger partial charge is 0.466 e. The molecule has 0 saturated carbocycles. The van der Waals surface area contributed by atoms with Crippen LogP contribution in [0.2, 0.25) is 0 Å². The topological polar surface area (TPSA) is 129 Å². The molecule has 0 bridgehead atoms. The van der Waals surface area contributed by atoms with Crippen molar-refractivity contribution in [2.24, 2.45) is 0 Å². The molecular weight excluding hydrogens is 432 g/mol. The fourth-order valence-electron chi connectivity index (χ4n) is 2.56. The molecule has 0 aliphatic rings. The van der Waals surface area contributed by atoms with Gasteiger partial charge in [-0.05, 0) is 13.8 Å². The number of fused-ring (bicyclic) bond motifs is 1. The number of aromatic nitrogens is 3. The van der Waals surface area contributed by atoms with Gasteiger partial charge in [0.1, 0.15) is 11.4 Å². The summed E-state index contributed by atoms with van der Waals surface area (Å²) in [4.78, 5) is 57.4. The fraction of sp³-hybridized carbons (Fsp3) is 0.333. The third-order valence-corrected chi connectivity index (χ3v) is 5.49. The molecule has 3 aromatic rings. The van der Waals surface area contributed by atoms with Gasteiger partial charge >= 0.3 is 11.9 Å². The minimum Gasteiger partial charge on any atom is -0.466 e. The monoisotopic (exact) mass is 450 g/mol. The summed E-state index contributed by atoms with van der Waals surface area (Å²) in [5.41, 5.74) is 0.0978. The Morgan fingerprint density at radius 1 is 1.13 bits per heavy atom. The van der Waals surface area contributed by atoms with Gasteiger partial charge in [0.25, 0.3) is 5.56 Å². The highest BCUT2D eigenvalue weighted by molar-refractivity contribution is 7.17. The Morgan fingerprint density at radius 2 is 1.90 bits per heavy atom. The predicted molar refractivity (Wildman–Crippen MR) is 111 cm³/mol. The number of thiophene rings is 1. The van der Waals surface area contributed by atoms with E-state index in [0.717, 1.165) is 27.2 Å². The van der Waals surface area contributed by atoms with Crippen LogP contribution in [0, 0.1) is 0 Å². The normalized spacial score (nSPS) is 10.7. The van der Waals surface area contributed by atoms with E-state index >= 15 is 0 Å². The molecule has 0 atom stereocenters. The molecule has 0 unspecified atom stereocenters. The zero-order valence-electron chi connectivity index (χ0n) is 16.2. The van der Waals surface area contributed by atoms with E-state index in [1.807, 2.05) is 0 Å². The maximum Gasteiger partial charge on any atom is 0.339 e. The van der Waals surface area contributed by atoms with Gasteiger partial charge in [0.2, 0.25) is 5.91 Å². The molecule has 12 heteroatoms. The third kappa shape index (κ3) is 4.89. The second-order valence-electron chi connectivity index (χ2n) is 5.90. The zero-order valence-corrected chi connectivity index (χ0v) is 17.8. The molecule has 1 amide bonds. The Bertz CT molecular complexity index is 1150. The smallest absolute Gasteiger partial charge is 0.339 e. The van der Waals surface area contributed by atoms with Crippen molar-refractivity contribution < 1.29 is 23.9 Å². The summed E-state index contributed by atoms with van der Waals surface area (Å²) in [7, 11) is 0. The van der Waals surface area contributed by atoms with Crippen LogP contribution in [-0.4, -0.2) is 45.6 Å². The number of hydrogen-bond donors (Lipinski definition) is 1. The highest BCUT2D eigenvalue weighted by Gasteiger charge is 2.19. The van der Waals surface area contributed by atoms with Gasteiger partial charge in [-0.15, -0.1) is 22.7 Å². The Balaban J connectivity index is 1.73. The van der Waals surface area contributed by atoms with Crippen molar-refractivity contribution in [3.63, 3.8) is 0 Å². The van der Waals surface area contributed by atoms with E-state index in [1.165, 1.54) is 11.7 Å². The molecular formula is C18H18N4O6S2. The van der Waals surface area contributed by atoms with Gasteiger partial charge in [-0.3, -0.25) is 19.0 Å². The van der Waals surface area contributed by atoms with Crippen LogP contribution in [0.15, 0.2) is 21.9 Å². The van der Waals surface area contributed by atoms with Gasteiger partial charge in [0.15, 0.2) is 5.13 Å². The summed E-state index contributed by atoms with van der Waals surface area (Å²) in [5, 5.41) is 6.16. The van der Waals surface area contributed by atoms with Gasteiger partial charge in [-0.2, -0.15) is 0 Å². The van der Waals surface area contributed by atoms with E-state index in [1.54, 1.807) is 19.2 Å². The summed E-state index contributed by atoms with van der Waals surface area (Å²) in [6.07, 6.45) is 1.26. The number of esters is 2. The molecule has 0 aliphatic heterocycles. The van der Waals surface area contributed by atoms with Crippen molar-refractivity contribution in [2.75, 3.05) is 18.5 Å². The van der Waals surface area contributed by atoms with Crippen LogP contribution in [-0.2, 0) is 32.0 Å². The number of rotatable bonds is 8. The van der Waals surface area contributed by atoms with Crippen molar-refractivity contribution >= 4 is 55.9 Å². The second kappa shape index (κ2) is 9.59. The lowest BCUT2D eigenvalue weighted by molar-refractivity contribution is -0.142. The number of nitrogens with zero attached hydrogens (tertiary/aromatic N) is 3. The first-order chi connectivity index (χ1) is 14.4. The molecule has 3 rings (SSSR count). The second-order valence-corrected chi connectivity index (χ2v) is 7.62. The minimum atomic E-state index is -0.609. The van der Waals surface area contributed by atoms with E-state index in [2.05, 4.69) is 15.3 Å². The molecule has 3 aromatic heterocycles. The molecule has 0 aromatic carbocycles. The predicted octanol–water partition coefficient (Wildman–Crippen LogP) is 1.84. The first-order valence-electron chi connectivity index (χ1n) is 8.96. The van der Waals surface area contributed by atoms with Crippen molar-refractivity contribution in [1.82, 2.24) is 14.5 Å². The lowest BCUT2D eigenvalue weighted by Gasteiger charge is -2.06. The summed E-state index contributed by atoms with van der Waals surface area (Å²) >= 11 is 2.31. The lowest BCUT2D eigenvalue weighted by Crippen LogP contribution is -2.28. The maximum atomic E-state index is 12.8. The number of hydrogen-bond acceptors (Lipinski definition) is 10. The Morgan fingerprint density at radius 3 is 2.63 bits per heavy atom. The highest BCUT2D eigenvalue weighted by Crippen LogP contribution is 2.21. The fourth-order valence-corrected chi connectivity index (χ4v) is 4.15. The summed E-state index contributed by atoms with van der Waals surface area (Å²) in [5.74, 6) is -1.51. The van der Waals surface area contributed by atoms with Crippen LogP contribution in [0.25, 0.3) is 10.2 Å². The number of thiazole rings is 1. The summed E-state index contributed by atoms with van der Waals surface area (Å²) in [6, 6.07) is 0. The van der Waals surface area contributed by atoms with E-state index < -0.39 is 23.4 Å². The number of ether oxygens (including phenoxy) is 2. The molecule has 158 valence electrons. The standard InChI is InChI=1S/C18H18N4O6S2/c1-3-27-13(24)5-10-7-30-18(20-10)21-12(23)6-22-9-19-15-14(16(22)25)11(8-29-15)17(26)28-4-2/h7-9H,3-6H2,1-2H3,(H,20,21,23). The van der Waals surface area contributed by atoms with Crippen LogP contribution >= 0.6 is 22.7 Å². The molecule has 0 fully saturated rings. The lowest BCUT2D eigenvalue weighted by atomic mass is 10.2. The van der Waals surface area contributed by atoms with E-state index in [-0.39, 0.29) is 37.1 Å². The molecule has 0 aliphatic carbocycles. The van der Waals surface area contributed by atoms with E-state index in [4.69, 9.17) is 9.47 Å². The third-order valence-electron chi connectivity index (χ3n) is 3.80. The van der Waals surface area contributed by atoms with Crippen molar-refractivity contribution in [1.29, 1.82) is 0 Å². The zero-order chi connectivity index (χ0) is 21.7. The van der Waals surface area contributed by atoms with Gasteiger partial charge in [-0.25, -0.2) is 14.8 Å². The molecule has 1 N–H and O–H groups in total. The van der Waals surface area contributed by atoms with Crippen LogP contribution < -0.4 is 10.9 Å². The van der Waals surface area contributed by atoms with Crippen molar-refractivity contribution in [3.8, 4) is 0 Å². The van der Waals surface area contributed by atoms with Crippen LogP contribution in [0.4, 0.5) is 5.13 Å². The molecule has 3 heterocycles. The highest BCUT2D eigenvalue weighted by atomic mass is 32.1. The van der Waals surface area contributed by atoms with E-state index in [9.17, 15) is 19.2 Å². The first kappa shape index (κ1) is 21.6. The van der Waals surface area contributed by atoms with Gasteiger partial charge in [0.05, 0.1) is 42.6 Å². The van der Waals surface area contributed by atoms with Gasteiger partial charge in [0, 0.05) is 10.8 Å². The summed E-state index contributed by atoms with van der Waals surface area (Å²) in [6.45, 7) is 3.53. The maximum absolute atomic E-state index is 12.8. The number of anilines is 1.